The molecule has 2 atom stereocenters. The molecule has 134 valence electrons. The second kappa shape index (κ2) is 6.85. The second-order valence-electron chi connectivity index (χ2n) is 6.98. The fourth-order valence-electron chi connectivity index (χ4n) is 3.93. The number of likely N-dealkylation sites (tertiary alicyclic amines) is 1. The summed E-state index contributed by atoms with van der Waals surface area (Å²) in [6.45, 7) is 5.97. The SMILES string of the molecule is CN=C(NCc1nnc2n1CCC2)N1CCC(C)C(n2ccnc2)C1. The maximum Gasteiger partial charge on any atom is 0.194 e. The fraction of sp³-hybridized carbons (Fsp3) is 0.647. The molecule has 25 heavy (non-hydrogen) atoms. The van der Waals surface area contributed by atoms with Crippen LogP contribution in [-0.4, -0.2) is 55.3 Å². The van der Waals surface area contributed by atoms with Crippen LogP contribution >= 0.6 is 0 Å². The van der Waals surface area contributed by atoms with E-state index in [1.54, 1.807) is 0 Å². The first-order valence-electron chi connectivity index (χ1n) is 9.10. The van der Waals surface area contributed by atoms with Gasteiger partial charge < -0.3 is 19.4 Å². The molecule has 2 aromatic heterocycles. The van der Waals surface area contributed by atoms with E-state index in [9.17, 15) is 0 Å². The average molecular weight is 342 g/mol. The minimum absolute atomic E-state index is 0.423. The molecule has 0 amide bonds. The zero-order valence-corrected chi connectivity index (χ0v) is 15.0. The van der Waals surface area contributed by atoms with Gasteiger partial charge in [-0.2, -0.15) is 0 Å². The molecule has 0 radical (unpaired) electrons. The molecule has 8 nitrogen and oxygen atoms in total. The summed E-state index contributed by atoms with van der Waals surface area (Å²) in [6.07, 6.45) is 9.18. The summed E-state index contributed by atoms with van der Waals surface area (Å²) in [5.74, 6) is 3.68. The monoisotopic (exact) mass is 342 g/mol. The van der Waals surface area contributed by atoms with Gasteiger partial charge in [-0.25, -0.2) is 4.98 Å². The molecule has 1 fully saturated rings. The largest absolute Gasteiger partial charge is 0.349 e. The minimum Gasteiger partial charge on any atom is -0.349 e. The Morgan fingerprint density at radius 2 is 2.28 bits per heavy atom. The summed E-state index contributed by atoms with van der Waals surface area (Å²) < 4.78 is 4.45. The van der Waals surface area contributed by atoms with Crippen molar-refractivity contribution in [3.8, 4) is 0 Å². The Labute approximate surface area is 148 Å². The van der Waals surface area contributed by atoms with Crippen LogP contribution < -0.4 is 5.32 Å². The van der Waals surface area contributed by atoms with Gasteiger partial charge in [-0.1, -0.05) is 6.92 Å². The van der Waals surface area contributed by atoms with Gasteiger partial charge >= 0.3 is 0 Å². The number of imidazole rings is 1. The molecule has 2 aliphatic heterocycles. The van der Waals surface area contributed by atoms with Crippen LogP contribution in [0, 0.1) is 5.92 Å². The van der Waals surface area contributed by atoms with E-state index in [0.717, 1.165) is 50.1 Å². The highest BCUT2D eigenvalue weighted by molar-refractivity contribution is 5.79. The first-order valence-corrected chi connectivity index (χ1v) is 9.10. The van der Waals surface area contributed by atoms with E-state index in [0.29, 0.717) is 18.5 Å². The van der Waals surface area contributed by atoms with Gasteiger partial charge in [0.25, 0.3) is 0 Å². The topological polar surface area (TPSA) is 76.2 Å². The Hall–Kier alpha value is -2.38. The summed E-state index contributed by atoms with van der Waals surface area (Å²) >= 11 is 0. The number of rotatable bonds is 3. The predicted molar refractivity (Wildman–Crippen MR) is 95.2 cm³/mol. The third-order valence-corrected chi connectivity index (χ3v) is 5.43. The number of nitrogens with one attached hydrogen (secondary N) is 1. The lowest BCUT2D eigenvalue weighted by Gasteiger charge is -2.39. The van der Waals surface area contributed by atoms with Gasteiger partial charge in [0, 0.05) is 45.5 Å². The van der Waals surface area contributed by atoms with Crippen molar-refractivity contribution >= 4 is 5.96 Å². The van der Waals surface area contributed by atoms with Crippen LogP contribution in [0.3, 0.4) is 0 Å². The summed E-state index contributed by atoms with van der Waals surface area (Å²) in [7, 11) is 1.85. The molecule has 2 aliphatic rings. The number of fused-ring (bicyclic) bond motifs is 1. The summed E-state index contributed by atoms with van der Waals surface area (Å²) in [4.78, 5) is 11.0. The van der Waals surface area contributed by atoms with Crippen molar-refractivity contribution in [2.45, 2.75) is 45.3 Å². The predicted octanol–water partition coefficient (Wildman–Crippen LogP) is 1.08. The van der Waals surface area contributed by atoms with E-state index in [1.807, 2.05) is 19.6 Å². The molecule has 0 aliphatic carbocycles. The molecular weight excluding hydrogens is 316 g/mol. The van der Waals surface area contributed by atoms with Crippen LogP contribution in [0.2, 0.25) is 0 Å². The number of hydrogen-bond acceptors (Lipinski definition) is 4. The van der Waals surface area contributed by atoms with Crippen LogP contribution in [0.25, 0.3) is 0 Å². The summed E-state index contributed by atoms with van der Waals surface area (Å²) in [6, 6.07) is 0.423. The Bertz CT molecular complexity index is 732. The molecule has 0 saturated carbocycles. The van der Waals surface area contributed by atoms with E-state index in [-0.39, 0.29) is 0 Å². The lowest BCUT2D eigenvalue weighted by Crippen LogP contribution is -2.48. The van der Waals surface area contributed by atoms with Crippen molar-refractivity contribution in [2.75, 3.05) is 20.1 Å². The molecule has 0 aromatic carbocycles. The number of aromatic nitrogens is 5. The number of aryl methyl sites for hydroxylation is 1. The van der Waals surface area contributed by atoms with Gasteiger partial charge in [-0.3, -0.25) is 4.99 Å². The zero-order valence-electron chi connectivity index (χ0n) is 15.0. The lowest BCUT2D eigenvalue weighted by molar-refractivity contribution is 0.189. The molecule has 4 heterocycles. The molecule has 1 N–H and O–H groups in total. The van der Waals surface area contributed by atoms with Gasteiger partial charge in [0.05, 0.1) is 18.9 Å². The average Bonchev–Trinajstić information content (AvgIpc) is 3.35. The van der Waals surface area contributed by atoms with Gasteiger partial charge in [-0.15, -0.1) is 10.2 Å². The van der Waals surface area contributed by atoms with Crippen LogP contribution in [0.4, 0.5) is 0 Å². The van der Waals surface area contributed by atoms with E-state index in [1.165, 1.54) is 6.42 Å². The van der Waals surface area contributed by atoms with Crippen LogP contribution in [0.1, 0.15) is 37.5 Å². The minimum atomic E-state index is 0.423. The van der Waals surface area contributed by atoms with E-state index < -0.39 is 0 Å². The Kier molecular flexibility index (Phi) is 4.42. The molecule has 1 saturated heterocycles. The third-order valence-electron chi connectivity index (χ3n) is 5.43. The highest BCUT2D eigenvalue weighted by Crippen LogP contribution is 2.27. The zero-order chi connectivity index (χ0) is 17.2. The number of hydrogen-bond donors (Lipinski definition) is 1. The molecule has 4 rings (SSSR count). The molecule has 0 spiro atoms. The number of piperidine rings is 1. The first-order chi connectivity index (χ1) is 12.3. The van der Waals surface area contributed by atoms with Crippen molar-refractivity contribution in [1.29, 1.82) is 0 Å². The highest BCUT2D eigenvalue weighted by atomic mass is 15.3. The standard InChI is InChI=1S/C17H26N8/c1-13-5-8-23(11-14(13)24-9-6-19-12-24)17(18-2)20-10-16-22-21-15-4-3-7-25(15)16/h6,9,12-14H,3-5,7-8,10-11H2,1-2H3,(H,18,20). The maximum atomic E-state index is 4.49. The fourth-order valence-corrected chi connectivity index (χ4v) is 3.93. The lowest BCUT2D eigenvalue weighted by atomic mass is 9.93. The summed E-state index contributed by atoms with van der Waals surface area (Å²) in [5, 5.41) is 12.1. The van der Waals surface area contributed by atoms with Gasteiger partial charge in [0.15, 0.2) is 11.8 Å². The van der Waals surface area contributed by atoms with Gasteiger partial charge in [0.2, 0.25) is 0 Å². The van der Waals surface area contributed by atoms with E-state index in [4.69, 9.17) is 0 Å². The second-order valence-corrected chi connectivity index (χ2v) is 6.98. The Balaban J connectivity index is 1.42. The van der Waals surface area contributed by atoms with Crippen LogP contribution in [0.5, 0.6) is 0 Å². The Morgan fingerprint density at radius 3 is 3.08 bits per heavy atom. The maximum absolute atomic E-state index is 4.49. The van der Waals surface area contributed by atoms with Gasteiger partial charge in [0.1, 0.15) is 5.82 Å². The van der Waals surface area contributed by atoms with E-state index in [2.05, 4.69) is 52.6 Å². The number of guanidine groups is 1. The molecule has 8 heteroatoms. The smallest absolute Gasteiger partial charge is 0.194 e. The van der Waals surface area contributed by atoms with Crippen LogP contribution in [0.15, 0.2) is 23.7 Å². The summed E-state index contributed by atoms with van der Waals surface area (Å²) in [5.41, 5.74) is 0. The molecule has 2 aromatic rings. The first kappa shape index (κ1) is 16.1. The molecule has 0 bridgehead atoms. The highest BCUT2D eigenvalue weighted by Gasteiger charge is 2.29. The molecule has 2 unspecified atom stereocenters. The quantitative estimate of drug-likeness (QED) is 0.667. The van der Waals surface area contributed by atoms with E-state index >= 15 is 0 Å². The van der Waals surface area contributed by atoms with Crippen molar-refractivity contribution in [1.82, 2.24) is 34.5 Å². The normalized spacial score (nSPS) is 23.8. The number of aliphatic imine (C=N–C) groups is 1. The van der Waals surface area contributed by atoms with Crippen molar-refractivity contribution in [3.05, 3.63) is 30.4 Å². The third kappa shape index (κ3) is 3.12. The van der Waals surface area contributed by atoms with Crippen LogP contribution in [-0.2, 0) is 19.5 Å². The van der Waals surface area contributed by atoms with Gasteiger partial charge in [-0.05, 0) is 18.8 Å². The number of nitrogens with zero attached hydrogens (tertiary/aromatic N) is 7. The Morgan fingerprint density at radius 1 is 1.36 bits per heavy atom. The molecular formula is C17H26N8. The van der Waals surface area contributed by atoms with Crippen molar-refractivity contribution in [2.24, 2.45) is 10.9 Å². The van der Waals surface area contributed by atoms with Crippen molar-refractivity contribution < 1.29 is 0 Å². The van der Waals surface area contributed by atoms with Crippen molar-refractivity contribution in [3.63, 3.8) is 0 Å².